The van der Waals surface area contributed by atoms with Gasteiger partial charge < -0.3 is 10.1 Å². The molecule has 2 nitrogen and oxygen atoms in total. The first kappa shape index (κ1) is 16.8. The van der Waals surface area contributed by atoms with Crippen molar-refractivity contribution in [2.24, 2.45) is 5.92 Å². The zero-order valence-corrected chi connectivity index (χ0v) is 16.9. The second-order valence-corrected chi connectivity index (χ2v) is 9.22. The molecule has 1 N–H and O–H groups in total. The van der Waals surface area contributed by atoms with E-state index in [1.165, 1.54) is 31.2 Å². The highest BCUT2D eigenvalue weighted by molar-refractivity contribution is 9.10. The van der Waals surface area contributed by atoms with E-state index in [4.69, 9.17) is 4.74 Å². The molecule has 1 aliphatic heterocycles. The second-order valence-electron chi connectivity index (χ2n) is 8.31. The molecule has 1 heterocycles. The van der Waals surface area contributed by atoms with Crippen LogP contribution < -0.4 is 10.1 Å². The number of ether oxygens (including phenoxy) is 1. The van der Waals surface area contributed by atoms with Gasteiger partial charge in [-0.25, -0.2) is 0 Å². The average molecular weight is 412 g/mol. The lowest BCUT2D eigenvalue weighted by atomic mass is 9.44. The topological polar surface area (TPSA) is 21.3 Å². The Morgan fingerprint density at radius 1 is 1.15 bits per heavy atom. The average Bonchev–Trinajstić information content (AvgIpc) is 2.67. The first-order chi connectivity index (χ1) is 12.7. The summed E-state index contributed by atoms with van der Waals surface area (Å²) in [6.45, 7) is 4.16. The second kappa shape index (κ2) is 6.38. The molecule has 2 aromatic carbocycles. The molecule has 2 aliphatic carbocycles. The summed E-state index contributed by atoms with van der Waals surface area (Å²) in [6.07, 6.45) is 5.50. The molecule has 0 amide bonds. The first-order valence-corrected chi connectivity index (χ1v) is 10.7. The van der Waals surface area contributed by atoms with Gasteiger partial charge in [0.25, 0.3) is 0 Å². The molecule has 1 saturated carbocycles. The van der Waals surface area contributed by atoms with Gasteiger partial charge in [-0.1, -0.05) is 47.0 Å². The van der Waals surface area contributed by atoms with Crippen molar-refractivity contribution >= 4 is 15.9 Å². The molecule has 0 radical (unpaired) electrons. The van der Waals surface area contributed by atoms with Crippen LogP contribution in [-0.2, 0) is 12.0 Å². The number of rotatable bonds is 3. The summed E-state index contributed by atoms with van der Waals surface area (Å²) < 4.78 is 7.26. The van der Waals surface area contributed by atoms with Crippen LogP contribution >= 0.6 is 15.9 Å². The molecule has 26 heavy (non-hydrogen) atoms. The molecule has 1 saturated heterocycles. The monoisotopic (exact) mass is 411 g/mol. The fourth-order valence-corrected chi connectivity index (χ4v) is 6.16. The highest BCUT2D eigenvalue weighted by Crippen LogP contribution is 2.63. The van der Waals surface area contributed by atoms with E-state index in [-0.39, 0.29) is 0 Å². The quantitative estimate of drug-likeness (QED) is 0.714. The Balaban J connectivity index is 1.41. The minimum Gasteiger partial charge on any atom is -0.489 e. The van der Waals surface area contributed by atoms with Gasteiger partial charge in [-0.15, -0.1) is 0 Å². The van der Waals surface area contributed by atoms with Gasteiger partial charge in [-0.05, 0) is 66.6 Å². The van der Waals surface area contributed by atoms with E-state index in [0.29, 0.717) is 24.0 Å². The summed E-state index contributed by atoms with van der Waals surface area (Å²) in [5, 5.41) is 3.78. The van der Waals surface area contributed by atoms with Crippen molar-refractivity contribution < 1.29 is 4.74 Å². The molecule has 0 aromatic heterocycles. The molecule has 2 fully saturated rings. The molecule has 1 spiro atoms. The van der Waals surface area contributed by atoms with E-state index < -0.39 is 0 Å². The van der Waals surface area contributed by atoms with Gasteiger partial charge in [0.2, 0.25) is 0 Å². The van der Waals surface area contributed by atoms with Gasteiger partial charge in [0.15, 0.2) is 0 Å². The Labute approximate surface area is 164 Å². The van der Waals surface area contributed by atoms with Crippen molar-refractivity contribution in [2.75, 3.05) is 6.54 Å². The van der Waals surface area contributed by atoms with E-state index in [0.717, 1.165) is 22.7 Å². The van der Waals surface area contributed by atoms with Crippen LogP contribution in [0.3, 0.4) is 0 Å². The molecule has 4 unspecified atom stereocenters. The highest BCUT2D eigenvalue weighted by atomic mass is 79.9. The van der Waals surface area contributed by atoms with Crippen LogP contribution in [0.4, 0.5) is 0 Å². The molecular formula is C23H26BrNO. The molecule has 4 atom stereocenters. The number of hydrogen-bond donors (Lipinski definition) is 1. The maximum Gasteiger partial charge on any atom is 0.120 e. The van der Waals surface area contributed by atoms with Gasteiger partial charge in [0, 0.05) is 28.4 Å². The maximum atomic E-state index is 6.15. The normalized spacial score (nSPS) is 32.0. The van der Waals surface area contributed by atoms with Gasteiger partial charge in [-0.2, -0.15) is 0 Å². The minimum atomic E-state index is 0.412. The molecule has 3 aliphatic rings. The van der Waals surface area contributed by atoms with Crippen LogP contribution in [0.2, 0.25) is 0 Å². The van der Waals surface area contributed by atoms with Crippen molar-refractivity contribution in [2.45, 2.75) is 56.6 Å². The zero-order valence-electron chi connectivity index (χ0n) is 15.3. The molecule has 2 aromatic rings. The smallest absolute Gasteiger partial charge is 0.120 e. The molecule has 136 valence electrons. The summed E-state index contributed by atoms with van der Waals surface area (Å²) in [7, 11) is 0. The number of piperidine rings is 1. The fourth-order valence-electron chi connectivity index (χ4n) is 5.89. The molecule has 5 rings (SSSR count). The van der Waals surface area contributed by atoms with E-state index >= 15 is 0 Å². The Morgan fingerprint density at radius 2 is 2.00 bits per heavy atom. The predicted octanol–water partition coefficient (Wildman–Crippen LogP) is 5.55. The van der Waals surface area contributed by atoms with Gasteiger partial charge in [0.05, 0.1) is 0 Å². The third-order valence-electron chi connectivity index (χ3n) is 7.11. The van der Waals surface area contributed by atoms with Crippen molar-refractivity contribution in [3.63, 3.8) is 0 Å². The maximum absolute atomic E-state index is 6.15. The molecular weight excluding hydrogens is 386 g/mol. The number of hydrogen-bond acceptors (Lipinski definition) is 2. The van der Waals surface area contributed by atoms with Gasteiger partial charge in [0.1, 0.15) is 12.4 Å². The highest BCUT2D eigenvalue weighted by Gasteiger charge is 2.59. The largest absolute Gasteiger partial charge is 0.489 e. The number of halogens is 1. The molecule has 0 bridgehead atoms. The van der Waals surface area contributed by atoms with Crippen molar-refractivity contribution in [1.82, 2.24) is 5.32 Å². The van der Waals surface area contributed by atoms with Crippen LogP contribution in [0, 0.1) is 5.92 Å². The van der Waals surface area contributed by atoms with E-state index in [9.17, 15) is 0 Å². The van der Waals surface area contributed by atoms with Crippen LogP contribution in [0.25, 0.3) is 0 Å². The summed E-state index contributed by atoms with van der Waals surface area (Å²) in [5.41, 5.74) is 4.77. The Kier molecular flexibility index (Phi) is 4.13. The Morgan fingerprint density at radius 3 is 2.85 bits per heavy atom. The van der Waals surface area contributed by atoms with Crippen molar-refractivity contribution in [3.8, 4) is 5.75 Å². The lowest BCUT2D eigenvalue weighted by Crippen LogP contribution is -2.63. The summed E-state index contributed by atoms with van der Waals surface area (Å²) in [4.78, 5) is 0. The van der Waals surface area contributed by atoms with Crippen molar-refractivity contribution in [3.05, 3.63) is 63.6 Å². The Hall–Kier alpha value is -1.32. The SMILES string of the molecule is CC1NCC2c3ccc(OCc4ccc(Br)cc4)cc3C23CCCCC13. The number of nitrogens with one attached hydrogen (secondary N) is 1. The number of benzene rings is 2. The molecule has 3 heteroatoms. The first-order valence-electron chi connectivity index (χ1n) is 9.93. The standard InChI is InChI=1S/C23H26BrNO/c1-15-20-4-2-3-11-23(20)21-12-18(9-10-19(21)22(23)13-25-15)26-14-16-5-7-17(24)8-6-16/h5-10,12,15,20,22,25H,2-4,11,13-14H2,1H3. The van der Waals surface area contributed by atoms with Crippen LogP contribution in [0.1, 0.15) is 55.2 Å². The Bertz CT molecular complexity index is 817. The third-order valence-corrected chi connectivity index (χ3v) is 7.64. The van der Waals surface area contributed by atoms with Gasteiger partial charge in [-0.3, -0.25) is 0 Å². The van der Waals surface area contributed by atoms with Gasteiger partial charge >= 0.3 is 0 Å². The van der Waals surface area contributed by atoms with Crippen LogP contribution in [0.15, 0.2) is 46.9 Å². The lowest BCUT2D eigenvalue weighted by Gasteiger charge is -2.62. The van der Waals surface area contributed by atoms with E-state index in [1.54, 1.807) is 11.1 Å². The summed E-state index contributed by atoms with van der Waals surface area (Å²) in [6, 6.07) is 15.9. The zero-order chi connectivity index (χ0) is 17.7. The minimum absolute atomic E-state index is 0.412. The fraction of sp³-hybridized carbons (Fsp3) is 0.478. The lowest BCUT2D eigenvalue weighted by molar-refractivity contribution is 0.0511. The van der Waals surface area contributed by atoms with Crippen LogP contribution in [0.5, 0.6) is 5.75 Å². The summed E-state index contributed by atoms with van der Waals surface area (Å²) in [5.74, 6) is 2.51. The van der Waals surface area contributed by atoms with E-state index in [2.05, 4.69) is 70.6 Å². The number of fused-ring (bicyclic) bond motifs is 2. The van der Waals surface area contributed by atoms with Crippen LogP contribution in [-0.4, -0.2) is 12.6 Å². The van der Waals surface area contributed by atoms with E-state index in [1.807, 2.05) is 0 Å². The van der Waals surface area contributed by atoms with Crippen molar-refractivity contribution in [1.29, 1.82) is 0 Å². The predicted molar refractivity (Wildman–Crippen MR) is 109 cm³/mol. The summed E-state index contributed by atoms with van der Waals surface area (Å²) >= 11 is 3.49. The third kappa shape index (κ3) is 2.47.